The van der Waals surface area contributed by atoms with Crippen molar-refractivity contribution in [3.05, 3.63) is 29.8 Å². The van der Waals surface area contributed by atoms with Crippen LogP contribution in [-0.4, -0.2) is 66.5 Å². The van der Waals surface area contributed by atoms with Gasteiger partial charge in [0.15, 0.2) is 0 Å². The molecule has 0 aliphatic rings. The van der Waals surface area contributed by atoms with E-state index in [1.54, 1.807) is 0 Å². The lowest BCUT2D eigenvalue weighted by Crippen LogP contribution is -2.27. The SMILES string of the molecule is CCC(C)c1ccccc1OCCOCCN(CC)CC.O=C(O)C(=O)O. The molecule has 1 rings (SSSR count). The molecule has 0 saturated carbocycles. The van der Waals surface area contributed by atoms with E-state index in [1.807, 2.05) is 6.07 Å². The molecule has 0 aliphatic heterocycles. The molecule has 1 aromatic rings. The maximum Gasteiger partial charge on any atom is 0.414 e. The highest BCUT2D eigenvalue weighted by Gasteiger charge is 2.09. The molecule has 0 spiro atoms. The summed E-state index contributed by atoms with van der Waals surface area (Å²) in [5.74, 6) is -2.12. The van der Waals surface area contributed by atoms with E-state index in [9.17, 15) is 0 Å². The zero-order chi connectivity index (χ0) is 20.7. The lowest BCUT2D eigenvalue weighted by atomic mass is 9.98. The molecule has 1 aromatic carbocycles. The number of ether oxygens (including phenoxy) is 2. The highest BCUT2D eigenvalue weighted by atomic mass is 16.5. The van der Waals surface area contributed by atoms with Crippen LogP contribution in [0.25, 0.3) is 0 Å². The lowest BCUT2D eigenvalue weighted by molar-refractivity contribution is -0.159. The van der Waals surface area contributed by atoms with Gasteiger partial charge in [-0.05, 0) is 37.1 Å². The summed E-state index contributed by atoms with van der Waals surface area (Å²) in [5.41, 5.74) is 1.29. The number of nitrogens with zero attached hydrogens (tertiary/aromatic N) is 1. The molecule has 27 heavy (non-hydrogen) atoms. The Bertz CT molecular complexity index is 533. The molecule has 0 radical (unpaired) electrons. The first-order chi connectivity index (χ1) is 12.9. The Balaban J connectivity index is 0.000000972. The van der Waals surface area contributed by atoms with Crippen LogP contribution in [0.2, 0.25) is 0 Å². The fraction of sp³-hybridized carbons (Fsp3) is 0.600. The monoisotopic (exact) mass is 383 g/mol. The van der Waals surface area contributed by atoms with E-state index in [4.69, 9.17) is 29.3 Å². The Kier molecular flexibility index (Phi) is 13.8. The second-order valence-electron chi connectivity index (χ2n) is 5.95. The molecule has 0 aliphatic carbocycles. The number of carboxylic acids is 2. The van der Waals surface area contributed by atoms with Gasteiger partial charge >= 0.3 is 11.9 Å². The Hall–Kier alpha value is -2.12. The van der Waals surface area contributed by atoms with Crippen molar-refractivity contribution < 1.29 is 29.3 Å². The second-order valence-corrected chi connectivity index (χ2v) is 5.95. The Labute approximate surface area is 161 Å². The van der Waals surface area contributed by atoms with Gasteiger partial charge in [0.2, 0.25) is 0 Å². The first-order valence-corrected chi connectivity index (χ1v) is 9.35. The van der Waals surface area contributed by atoms with Gasteiger partial charge in [-0.3, -0.25) is 0 Å². The number of carbonyl (C=O) groups is 2. The summed E-state index contributed by atoms with van der Waals surface area (Å²) in [4.78, 5) is 20.6. The first-order valence-electron chi connectivity index (χ1n) is 9.35. The summed E-state index contributed by atoms with van der Waals surface area (Å²) in [6, 6.07) is 8.32. The summed E-state index contributed by atoms with van der Waals surface area (Å²) in [6.45, 7) is 14.0. The van der Waals surface area contributed by atoms with Gasteiger partial charge in [0, 0.05) is 6.54 Å². The number of benzene rings is 1. The van der Waals surface area contributed by atoms with Crippen LogP contribution in [0.1, 0.15) is 45.6 Å². The zero-order valence-corrected chi connectivity index (χ0v) is 16.8. The summed E-state index contributed by atoms with van der Waals surface area (Å²) in [7, 11) is 0. The molecule has 0 amide bonds. The standard InChI is InChI=1S/C18H31NO2.C2H2O4/c1-5-16(4)17-10-8-9-11-18(17)21-15-14-20-13-12-19(6-2)7-3;3-1(4)2(5)6/h8-11,16H,5-7,12-15H2,1-4H3;(H,3,4)(H,5,6). The predicted molar refractivity (Wildman–Crippen MR) is 105 cm³/mol. The van der Waals surface area contributed by atoms with Gasteiger partial charge in [0.25, 0.3) is 0 Å². The van der Waals surface area contributed by atoms with Crippen molar-refractivity contribution in [1.82, 2.24) is 4.90 Å². The van der Waals surface area contributed by atoms with Crippen LogP contribution < -0.4 is 4.74 Å². The fourth-order valence-electron chi connectivity index (χ4n) is 2.29. The summed E-state index contributed by atoms with van der Waals surface area (Å²) >= 11 is 0. The van der Waals surface area contributed by atoms with Crippen molar-refractivity contribution in [3.8, 4) is 5.75 Å². The van der Waals surface area contributed by atoms with Crippen LogP contribution >= 0.6 is 0 Å². The Morgan fingerprint density at radius 2 is 1.59 bits per heavy atom. The number of hydrogen-bond acceptors (Lipinski definition) is 5. The van der Waals surface area contributed by atoms with Crippen molar-refractivity contribution in [3.63, 3.8) is 0 Å². The minimum absolute atomic E-state index is 0.532. The molecule has 0 bridgehead atoms. The number of likely N-dealkylation sites (N-methyl/N-ethyl adjacent to an activating group) is 1. The van der Waals surface area contributed by atoms with Crippen LogP contribution in [0.5, 0.6) is 5.75 Å². The van der Waals surface area contributed by atoms with E-state index in [0.29, 0.717) is 19.1 Å². The van der Waals surface area contributed by atoms with Crippen molar-refractivity contribution in [2.75, 3.05) is 39.5 Å². The lowest BCUT2D eigenvalue weighted by Gasteiger charge is -2.18. The molecular formula is C20H33NO6. The Morgan fingerprint density at radius 1 is 1.00 bits per heavy atom. The predicted octanol–water partition coefficient (Wildman–Crippen LogP) is 3.09. The quantitative estimate of drug-likeness (QED) is 0.448. The molecule has 154 valence electrons. The number of para-hydroxylation sites is 1. The van der Waals surface area contributed by atoms with E-state index in [1.165, 1.54) is 5.56 Å². The topological polar surface area (TPSA) is 96.3 Å². The summed E-state index contributed by atoms with van der Waals surface area (Å²) < 4.78 is 11.5. The number of carboxylic acid groups (broad SMARTS) is 2. The van der Waals surface area contributed by atoms with Crippen molar-refractivity contribution in [2.45, 2.75) is 40.0 Å². The minimum Gasteiger partial charge on any atom is -0.491 e. The largest absolute Gasteiger partial charge is 0.491 e. The van der Waals surface area contributed by atoms with Gasteiger partial charge in [-0.25, -0.2) is 9.59 Å². The highest BCUT2D eigenvalue weighted by molar-refractivity contribution is 6.27. The van der Waals surface area contributed by atoms with E-state index < -0.39 is 11.9 Å². The van der Waals surface area contributed by atoms with E-state index in [-0.39, 0.29) is 0 Å². The third kappa shape index (κ3) is 11.2. The normalized spacial score (nSPS) is 11.4. The zero-order valence-electron chi connectivity index (χ0n) is 16.8. The molecule has 7 heteroatoms. The van der Waals surface area contributed by atoms with E-state index in [2.05, 4.69) is 50.8 Å². The van der Waals surface area contributed by atoms with Gasteiger partial charge in [-0.2, -0.15) is 0 Å². The van der Waals surface area contributed by atoms with Crippen LogP contribution in [0.3, 0.4) is 0 Å². The molecular weight excluding hydrogens is 350 g/mol. The molecule has 2 N–H and O–H groups in total. The van der Waals surface area contributed by atoms with Crippen LogP contribution in [-0.2, 0) is 14.3 Å². The number of rotatable bonds is 11. The van der Waals surface area contributed by atoms with Gasteiger partial charge in [-0.1, -0.05) is 45.9 Å². The van der Waals surface area contributed by atoms with E-state index in [0.717, 1.165) is 38.4 Å². The maximum atomic E-state index is 9.10. The molecule has 0 aromatic heterocycles. The average Bonchev–Trinajstić information content (AvgIpc) is 2.67. The fourth-order valence-corrected chi connectivity index (χ4v) is 2.29. The maximum absolute atomic E-state index is 9.10. The van der Waals surface area contributed by atoms with Crippen molar-refractivity contribution in [2.24, 2.45) is 0 Å². The van der Waals surface area contributed by atoms with Crippen molar-refractivity contribution in [1.29, 1.82) is 0 Å². The minimum atomic E-state index is -1.82. The average molecular weight is 383 g/mol. The molecule has 0 fully saturated rings. The molecule has 1 atom stereocenters. The van der Waals surface area contributed by atoms with Crippen LogP contribution in [0.4, 0.5) is 0 Å². The molecule has 7 nitrogen and oxygen atoms in total. The van der Waals surface area contributed by atoms with Crippen LogP contribution in [0, 0.1) is 0 Å². The van der Waals surface area contributed by atoms with Gasteiger partial charge in [-0.15, -0.1) is 0 Å². The molecule has 1 unspecified atom stereocenters. The number of aliphatic carboxylic acids is 2. The van der Waals surface area contributed by atoms with E-state index >= 15 is 0 Å². The summed E-state index contributed by atoms with van der Waals surface area (Å²) in [5, 5.41) is 14.8. The van der Waals surface area contributed by atoms with Crippen molar-refractivity contribution >= 4 is 11.9 Å². The summed E-state index contributed by atoms with van der Waals surface area (Å²) in [6.07, 6.45) is 1.13. The third-order valence-electron chi connectivity index (χ3n) is 4.18. The smallest absolute Gasteiger partial charge is 0.414 e. The van der Waals surface area contributed by atoms with Crippen LogP contribution in [0.15, 0.2) is 24.3 Å². The third-order valence-corrected chi connectivity index (χ3v) is 4.18. The second kappa shape index (κ2) is 15.0. The number of hydrogen-bond donors (Lipinski definition) is 2. The molecule has 0 heterocycles. The van der Waals surface area contributed by atoms with Gasteiger partial charge in [0.1, 0.15) is 12.4 Å². The Morgan fingerprint density at radius 3 is 2.11 bits per heavy atom. The highest BCUT2D eigenvalue weighted by Crippen LogP contribution is 2.28. The molecule has 0 saturated heterocycles. The van der Waals surface area contributed by atoms with Gasteiger partial charge in [0.05, 0.1) is 13.2 Å². The van der Waals surface area contributed by atoms with Gasteiger partial charge < -0.3 is 24.6 Å². The first kappa shape index (κ1) is 24.9.